The standard InChI is InChI=1S/C10H9FN2O/c11-8-3-7(5-13-6-8)9-1-2-14-10(9)4-12/h1-3,5-6H,4,12H2. The van der Waals surface area contributed by atoms with Crippen LogP contribution in [0.1, 0.15) is 5.76 Å². The van der Waals surface area contributed by atoms with Crippen LogP contribution in [0.5, 0.6) is 0 Å². The molecule has 0 atom stereocenters. The molecule has 0 aliphatic carbocycles. The molecule has 0 saturated carbocycles. The predicted molar refractivity (Wildman–Crippen MR) is 49.8 cm³/mol. The average Bonchev–Trinajstić information content (AvgIpc) is 2.65. The van der Waals surface area contributed by atoms with Crippen molar-refractivity contribution in [3.8, 4) is 11.1 Å². The van der Waals surface area contributed by atoms with E-state index < -0.39 is 0 Å². The van der Waals surface area contributed by atoms with Gasteiger partial charge < -0.3 is 10.2 Å². The Hall–Kier alpha value is -1.68. The highest BCUT2D eigenvalue weighted by Crippen LogP contribution is 2.24. The fraction of sp³-hybridized carbons (Fsp3) is 0.100. The second-order valence-corrected chi connectivity index (χ2v) is 2.85. The second-order valence-electron chi connectivity index (χ2n) is 2.85. The summed E-state index contributed by atoms with van der Waals surface area (Å²) in [5.74, 6) is 0.268. The van der Waals surface area contributed by atoms with E-state index in [1.807, 2.05) is 0 Å². The molecule has 2 heterocycles. The quantitative estimate of drug-likeness (QED) is 0.791. The molecule has 0 bridgehead atoms. The van der Waals surface area contributed by atoms with Gasteiger partial charge in [-0.25, -0.2) is 4.39 Å². The van der Waals surface area contributed by atoms with Crippen molar-refractivity contribution in [3.05, 3.63) is 42.4 Å². The molecule has 0 unspecified atom stereocenters. The van der Waals surface area contributed by atoms with Crippen LogP contribution < -0.4 is 5.73 Å². The van der Waals surface area contributed by atoms with Gasteiger partial charge in [0.05, 0.1) is 19.0 Å². The van der Waals surface area contributed by atoms with Gasteiger partial charge in [-0.05, 0) is 12.1 Å². The van der Waals surface area contributed by atoms with E-state index in [0.29, 0.717) is 17.9 Å². The summed E-state index contributed by atoms with van der Waals surface area (Å²) in [5, 5.41) is 0. The van der Waals surface area contributed by atoms with Gasteiger partial charge in [-0.1, -0.05) is 0 Å². The molecule has 0 fully saturated rings. The summed E-state index contributed by atoms with van der Waals surface area (Å²) in [6, 6.07) is 3.15. The largest absolute Gasteiger partial charge is 0.467 e. The van der Waals surface area contributed by atoms with E-state index >= 15 is 0 Å². The lowest BCUT2D eigenvalue weighted by Crippen LogP contribution is -1.96. The number of nitrogens with zero attached hydrogens (tertiary/aromatic N) is 1. The van der Waals surface area contributed by atoms with Crippen molar-refractivity contribution in [1.82, 2.24) is 4.98 Å². The zero-order valence-corrected chi connectivity index (χ0v) is 7.40. The van der Waals surface area contributed by atoms with Gasteiger partial charge in [0.25, 0.3) is 0 Å². The number of hydrogen-bond donors (Lipinski definition) is 1. The number of halogens is 1. The Balaban J connectivity index is 2.49. The SMILES string of the molecule is NCc1occc1-c1cncc(F)c1. The molecule has 2 aromatic rings. The van der Waals surface area contributed by atoms with Gasteiger partial charge in [-0.3, -0.25) is 4.98 Å². The molecule has 0 aliphatic heterocycles. The summed E-state index contributed by atoms with van der Waals surface area (Å²) in [4.78, 5) is 3.76. The van der Waals surface area contributed by atoms with Gasteiger partial charge >= 0.3 is 0 Å². The molecule has 0 radical (unpaired) electrons. The maximum absolute atomic E-state index is 12.9. The third-order valence-corrected chi connectivity index (χ3v) is 1.95. The van der Waals surface area contributed by atoms with Crippen LogP contribution >= 0.6 is 0 Å². The smallest absolute Gasteiger partial charge is 0.142 e. The maximum Gasteiger partial charge on any atom is 0.142 e. The van der Waals surface area contributed by atoms with Crippen molar-refractivity contribution >= 4 is 0 Å². The van der Waals surface area contributed by atoms with Crippen molar-refractivity contribution in [3.63, 3.8) is 0 Å². The molecule has 3 nitrogen and oxygen atoms in total. The zero-order chi connectivity index (χ0) is 9.97. The molecule has 2 aromatic heterocycles. The summed E-state index contributed by atoms with van der Waals surface area (Å²) in [6.45, 7) is 0.291. The number of pyridine rings is 1. The van der Waals surface area contributed by atoms with Crippen LogP contribution in [-0.4, -0.2) is 4.98 Å². The molecule has 0 aromatic carbocycles. The average molecular weight is 192 g/mol. The van der Waals surface area contributed by atoms with Gasteiger partial charge in [0.2, 0.25) is 0 Å². The van der Waals surface area contributed by atoms with Crippen LogP contribution in [0.25, 0.3) is 11.1 Å². The van der Waals surface area contributed by atoms with Crippen LogP contribution in [0.2, 0.25) is 0 Å². The summed E-state index contributed by atoms with van der Waals surface area (Å²) in [7, 11) is 0. The lowest BCUT2D eigenvalue weighted by atomic mass is 10.1. The summed E-state index contributed by atoms with van der Waals surface area (Å²) < 4.78 is 18.0. The molecular weight excluding hydrogens is 183 g/mol. The molecule has 0 spiro atoms. The molecule has 2 rings (SSSR count). The van der Waals surface area contributed by atoms with E-state index in [9.17, 15) is 4.39 Å². The Kier molecular flexibility index (Phi) is 2.28. The normalized spacial score (nSPS) is 10.4. The minimum atomic E-state index is -0.369. The van der Waals surface area contributed by atoms with Crippen LogP contribution in [-0.2, 0) is 6.54 Å². The van der Waals surface area contributed by atoms with Gasteiger partial charge in [-0.2, -0.15) is 0 Å². The van der Waals surface area contributed by atoms with Crippen LogP contribution in [0.15, 0.2) is 35.2 Å². The summed E-state index contributed by atoms with van der Waals surface area (Å²) >= 11 is 0. The molecule has 0 saturated heterocycles. The lowest BCUT2D eigenvalue weighted by Gasteiger charge is -1.99. The van der Waals surface area contributed by atoms with Crippen molar-refractivity contribution in [2.45, 2.75) is 6.54 Å². The number of furan rings is 1. The van der Waals surface area contributed by atoms with Crippen LogP contribution in [0.4, 0.5) is 4.39 Å². The number of aromatic nitrogens is 1. The third kappa shape index (κ3) is 1.52. The lowest BCUT2D eigenvalue weighted by molar-refractivity contribution is 0.513. The molecule has 2 N–H and O–H groups in total. The first kappa shape index (κ1) is 8.90. The van der Waals surface area contributed by atoms with E-state index in [2.05, 4.69) is 4.98 Å². The monoisotopic (exact) mass is 192 g/mol. The molecule has 4 heteroatoms. The Bertz CT molecular complexity index is 439. The second kappa shape index (κ2) is 3.59. The Morgan fingerprint density at radius 2 is 2.29 bits per heavy atom. The number of hydrogen-bond acceptors (Lipinski definition) is 3. The zero-order valence-electron chi connectivity index (χ0n) is 7.40. The van der Waals surface area contributed by atoms with Gasteiger partial charge in [0.1, 0.15) is 11.6 Å². The van der Waals surface area contributed by atoms with Crippen molar-refractivity contribution in [2.24, 2.45) is 5.73 Å². The van der Waals surface area contributed by atoms with Gasteiger partial charge in [0, 0.05) is 17.3 Å². The summed E-state index contributed by atoms with van der Waals surface area (Å²) in [5.41, 5.74) is 6.93. The first-order chi connectivity index (χ1) is 6.81. The van der Waals surface area contributed by atoms with Crippen molar-refractivity contribution in [2.75, 3.05) is 0 Å². The number of nitrogens with two attached hydrogens (primary N) is 1. The van der Waals surface area contributed by atoms with E-state index in [1.165, 1.54) is 12.3 Å². The Morgan fingerprint density at radius 3 is 3.00 bits per heavy atom. The van der Waals surface area contributed by atoms with E-state index in [4.69, 9.17) is 10.2 Å². The topological polar surface area (TPSA) is 52.0 Å². The molecule has 14 heavy (non-hydrogen) atoms. The highest BCUT2D eigenvalue weighted by molar-refractivity contribution is 5.64. The third-order valence-electron chi connectivity index (χ3n) is 1.95. The van der Waals surface area contributed by atoms with Crippen molar-refractivity contribution in [1.29, 1.82) is 0 Å². The van der Waals surface area contributed by atoms with Crippen LogP contribution in [0, 0.1) is 5.82 Å². The summed E-state index contributed by atoms with van der Waals surface area (Å²) in [6.07, 6.45) is 4.27. The minimum Gasteiger partial charge on any atom is -0.467 e. The first-order valence-electron chi connectivity index (χ1n) is 4.18. The van der Waals surface area contributed by atoms with Crippen molar-refractivity contribution < 1.29 is 8.81 Å². The molecule has 72 valence electrons. The minimum absolute atomic E-state index is 0.291. The number of rotatable bonds is 2. The van der Waals surface area contributed by atoms with Gasteiger partial charge in [0.15, 0.2) is 0 Å². The van der Waals surface area contributed by atoms with Gasteiger partial charge in [-0.15, -0.1) is 0 Å². The van der Waals surface area contributed by atoms with E-state index in [-0.39, 0.29) is 5.82 Å². The fourth-order valence-electron chi connectivity index (χ4n) is 1.32. The Labute approximate surface area is 80.4 Å². The van der Waals surface area contributed by atoms with E-state index in [1.54, 1.807) is 12.3 Å². The highest BCUT2D eigenvalue weighted by atomic mass is 19.1. The first-order valence-corrected chi connectivity index (χ1v) is 4.18. The highest BCUT2D eigenvalue weighted by Gasteiger charge is 2.07. The molecular formula is C10H9FN2O. The van der Waals surface area contributed by atoms with E-state index in [0.717, 1.165) is 11.8 Å². The molecule has 0 aliphatic rings. The Morgan fingerprint density at radius 1 is 1.43 bits per heavy atom. The fourth-order valence-corrected chi connectivity index (χ4v) is 1.32. The maximum atomic E-state index is 12.9. The van der Waals surface area contributed by atoms with Crippen LogP contribution in [0.3, 0.4) is 0 Å². The molecule has 0 amide bonds. The predicted octanol–water partition coefficient (Wildman–Crippen LogP) is 1.94.